The van der Waals surface area contributed by atoms with Crippen molar-refractivity contribution < 1.29 is 19.1 Å². The van der Waals surface area contributed by atoms with E-state index in [9.17, 15) is 9.59 Å². The molecule has 0 fully saturated rings. The summed E-state index contributed by atoms with van der Waals surface area (Å²) in [5.41, 5.74) is 7.61. The lowest BCUT2D eigenvalue weighted by Gasteiger charge is -2.19. The molecule has 0 heterocycles. The second-order valence-electron chi connectivity index (χ2n) is 5.89. The van der Waals surface area contributed by atoms with Crippen molar-refractivity contribution in [1.82, 2.24) is 4.90 Å². The van der Waals surface area contributed by atoms with Crippen LogP contribution in [-0.4, -0.2) is 37.5 Å². The van der Waals surface area contributed by atoms with Crippen molar-refractivity contribution in [3.05, 3.63) is 58.1 Å². The molecule has 0 aliphatic carbocycles. The Morgan fingerprint density at radius 1 is 1.19 bits per heavy atom. The normalized spacial score (nSPS) is 10.3. The molecule has 2 N–H and O–H groups in total. The minimum Gasteiger partial charge on any atom is -0.493 e. The first kappa shape index (κ1) is 19.6. The van der Waals surface area contributed by atoms with Crippen molar-refractivity contribution in [3.8, 4) is 11.5 Å². The Morgan fingerprint density at radius 2 is 1.85 bits per heavy atom. The maximum Gasteiger partial charge on any atom is 0.255 e. The van der Waals surface area contributed by atoms with E-state index < -0.39 is 5.91 Å². The first-order valence-electron chi connectivity index (χ1n) is 7.91. The number of hydrogen-bond acceptors (Lipinski definition) is 4. The molecule has 6 nitrogen and oxygen atoms in total. The number of carbonyl (C=O) groups is 2. The minimum absolute atomic E-state index is 0.165. The number of nitrogens with zero attached hydrogens (tertiary/aromatic N) is 1. The van der Waals surface area contributed by atoms with Gasteiger partial charge in [-0.2, -0.15) is 0 Å². The number of primary amides is 1. The average molecular weight is 377 g/mol. The lowest BCUT2D eigenvalue weighted by Crippen LogP contribution is -2.26. The highest BCUT2D eigenvalue weighted by Gasteiger charge is 2.19. The van der Waals surface area contributed by atoms with Crippen molar-refractivity contribution in [2.45, 2.75) is 13.5 Å². The molecule has 0 bridgehead atoms. The number of halogens is 1. The molecule has 138 valence electrons. The van der Waals surface area contributed by atoms with Gasteiger partial charge in [-0.1, -0.05) is 41.4 Å². The zero-order chi connectivity index (χ0) is 19.3. The number of aryl methyl sites for hydroxylation is 1. The van der Waals surface area contributed by atoms with Gasteiger partial charge in [-0.05, 0) is 24.6 Å². The van der Waals surface area contributed by atoms with Crippen molar-refractivity contribution in [1.29, 1.82) is 0 Å². The summed E-state index contributed by atoms with van der Waals surface area (Å²) >= 11 is 6.20. The van der Waals surface area contributed by atoms with E-state index in [0.717, 1.165) is 11.1 Å². The molecule has 0 aromatic heterocycles. The fourth-order valence-electron chi connectivity index (χ4n) is 2.39. The van der Waals surface area contributed by atoms with Crippen LogP contribution >= 0.6 is 11.6 Å². The molecule has 0 radical (unpaired) electrons. The highest BCUT2D eigenvalue weighted by atomic mass is 35.5. The van der Waals surface area contributed by atoms with Crippen LogP contribution in [-0.2, 0) is 11.3 Å². The van der Waals surface area contributed by atoms with Gasteiger partial charge in [0, 0.05) is 19.2 Å². The number of amides is 2. The predicted molar refractivity (Wildman–Crippen MR) is 99.7 cm³/mol. The van der Waals surface area contributed by atoms with Gasteiger partial charge >= 0.3 is 0 Å². The first-order valence-corrected chi connectivity index (χ1v) is 8.29. The second kappa shape index (κ2) is 8.58. The van der Waals surface area contributed by atoms with Crippen LogP contribution in [0.15, 0.2) is 36.4 Å². The van der Waals surface area contributed by atoms with E-state index in [4.69, 9.17) is 26.8 Å². The standard InChI is InChI=1S/C19H21ClN2O4/c1-12-4-6-13(7-5-12)10-22(2)19(24)14-8-15(20)18(16(9-14)25-3)26-11-17(21)23/h4-9H,10-11H2,1-3H3,(H2,21,23). The number of rotatable bonds is 7. The molecule has 2 aromatic carbocycles. The molecule has 2 rings (SSSR count). The molecule has 0 saturated carbocycles. The van der Waals surface area contributed by atoms with Gasteiger partial charge in [0.1, 0.15) is 0 Å². The number of benzene rings is 2. The Hall–Kier alpha value is -2.73. The molecule has 0 saturated heterocycles. The maximum atomic E-state index is 12.7. The van der Waals surface area contributed by atoms with Gasteiger partial charge in [0.25, 0.3) is 11.8 Å². The highest BCUT2D eigenvalue weighted by Crippen LogP contribution is 2.36. The molecular formula is C19H21ClN2O4. The van der Waals surface area contributed by atoms with Crippen molar-refractivity contribution in [2.75, 3.05) is 20.8 Å². The van der Waals surface area contributed by atoms with Crippen molar-refractivity contribution in [2.24, 2.45) is 5.73 Å². The average Bonchev–Trinajstić information content (AvgIpc) is 2.61. The molecule has 7 heteroatoms. The monoisotopic (exact) mass is 376 g/mol. The van der Waals surface area contributed by atoms with Gasteiger partial charge in [0.15, 0.2) is 18.1 Å². The maximum absolute atomic E-state index is 12.7. The minimum atomic E-state index is -0.638. The molecular weight excluding hydrogens is 356 g/mol. The molecule has 2 amide bonds. The van der Waals surface area contributed by atoms with Gasteiger partial charge in [0.05, 0.1) is 12.1 Å². The first-order chi connectivity index (χ1) is 12.3. The van der Waals surface area contributed by atoms with Crippen LogP contribution in [0.25, 0.3) is 0 Å². The van der Waals surface area contributed by atoms with Crippen LogP contribution < -0.4 is 15.2 Å². The van der Waals surface area contributed by atoms with Crippen molar-refractivity contribution in [3.63, 3.8) is 0 Å². The Kier molecular flexibility index (Phi) is 6.46. The van der Waals surface area contributed by atoms with E-state index in [1.807, 2.05) is 31.2 Å². The van der Waals surface area contributed by atoms with Gasteiger partial charge in [-0.15, -0.1) is 0 Å². The summed E-state index contributed by atoms with van der Waals surface area (Å²) in [5, 5.41) is 0.165. The SMILES string of the molecule is COc1cc(C(=O)N(C)Cc2ccc(C)cc2)cc(Cl)c1OCC(N)=O. The lowest BCUT2D eigenvalue weighted by atomic mass is 10.1. The summed E-state index contributed by atoms with van der Waals surface area (Å²) in [6.07, 6.45) is 0. The van der Waals surface area contributed by atoms with Crippen LogP contribution in [0.1, 0.15) is 21.5 Å². The Morgan fingerprint density at radius 3 is 2.42 bits per heavy atom. The molecule has 0 unspecified atom stereocenters. The van der Waals surface area contributed by atoms with E-state index in [0.29, 0.717) is 12.1 Å². The molecule has 0 aliphatic heterocycles. The lowest BCUT2D eigenvalue weighted by molar-refractivity contribution is -0.119. The Labute approximate surface area is 157 Å². The van der Waals surface area contributed by atoms with Crippen LogP contribution in [0.5, 0.6) is 11.5 Å². The van der Waals surface area contributed by atoms with Gasteiger partial charge < -0.3 is 20.1 Å². The molecule has 0 spiro atoms. The number of ether oxygens (including phenoxy) is 2. The molecule has 0 atom stereocenters. The fourth-order valence-corrected chi connectivity index (χ4v) is 2.65. The zero-order valence-electron chi connectivity index (χ0n) is 14.9. The fraction of sp³-hybridized carbons (Fsp3) is 0.263. The smallest absolute Gasteiger partial charge is 0.255 e. The predicted octanol–water partition coefficient (Wildman–Crippen LogP) is 2.79. The highest BCUT2D eigenvalue weighted by molar-refractivity contribution is 6.32. The summed E-state index contributed by atoms with van der Waals surface area (Å²) in [6, 6.07) is 11.0. The van der Waals surface area contributed by atoms with E-state index in [-0.39, 0.29) is 29.0 Å². The third-order valence-corrected chi connectivity index (χ3v) is 4.00. The van der Waals surface area contributed by atoms with Crippen molar-refractivity contribution >= 4 is 23.4 Å². The van der Waals surface area contributed by atoms with E-state index in [1.165, 1.54) is 19.2 Å². The Bertz CT molecular complexity index is 806. The summed E-state index contributed by atoms with van der Waals surface area (Å²) in [4.78, 5) is 25.2. The topological polar surface area (TPSA) is 81.9 Å². The van der Waals surface area contributed by atoms with E-state index >= 15 is 0 Å². The molecule has 2 aromatic rings. The van der Waals surface area contributed by atoms with Gasteiger partial charge in [-0.3, -0.25) is 9.59 Å². The summed E-state index contributed by atoms with van der Waals surface area (Å²) in [7, 11) is 3.13. The Balaban J connectivity index is 2.20. The van der Waals surface area contributed by atoms with Crippen LogP contribution in [0.4, 0.5) is 0 Å². The summed E-state index contributed by atoms with van der Waals surface area (Å²) in [5.74, 6) is -0.426. The van der Waals surface area contributed by atoms with Crippen LogP contribution in [0, 0.1) is 6.92 Å². The van der Waals surface area contributed by atoms with E-state index in [2.05, 4.69) is 0 Å². The van der Waals surface area contributed by atoms with Crippen LogP contribution in [0.3, 0.4) is 0 Å². The zero-order valence-corrected chi connectivity index (χ0v) is 15.7. The second-order valence-corrected chi connectivity index (χ2v) is 6.30. The summed E-state index contributed by atoms with van der Waals surface area (Å²) < 4.78 is 10.5. The van der Waals surface area contributed by atoms with Gasteiger partial charge in [0.2, 0.25) is 0 Å². The van der Waals surface area contributed by atoms with E-state index in [1.54, 1.807) is 11.9 Å². The quantitative estimate of drug-likeness (QED) is 0.805. The third-order valence-electron chi connectivity index (χ3n) is 3.72. The van der Waals surface area contributed by atoms with Gasteiger partial charge in [-0.25, -0.2) is 0 Å². The number of hydrogen-bond donors (Lipinski definition) is 1. The number of methoxy groups -OCH3 is 1. The largest absolute Gasteiger partial charge is 0.493 e. The summed E-state index contributed by atoms with van der Waals surface area (Å²) in [6.45, 7) is 2.13. The molecule has 26 heavy (non-hydrogen) atoms. The molecule has 0 aliphatic rings. The number of nitrogens with two attached hydrogens (primary N) is 1. The van der Waals surface area contributed by atoms with Crippen LogP contribution in [0.2, 0.25) is 5.02 Å². The number of carbonyl (C=O) groups excluding carboxylic acids is 2. The third kappa shape index (κ3) is 4.89.